The maximum Gasteiger partial charge on any atom is 0.326 e. The molecule has 3 N–H and O–H groups in total. The molecule has 7 nitrogen and oxygen atoms in total. The van der Waals surface area contributed by atoms with Crippen LogP contribution in [0.25, 0.3) is 0 Å². The quantitative estimate of drug-likeness (QED) is 0.522. The number of hydrogen-bond acceptors (Lipinski definition) is 6. The fourth-order valence-electron chi connectivity index (χ4n) is 2.12. The molecule has 0 fully saturated rings. The summed E-state index contributed by atoms with van der Waals surface area (Å²) < 4.78 is 0. The van der Waals surface area contributed by atoms with Gasteiger partial charge in [-0.2, -0.15) is 11.8 Å². The lowest BCUT2D eigenvalue weighted by Crippen LogP contribution is -2.41. The number of rotatable bonds is 11. The van der Waals surface area contributed by atoms with Crippen LogP contribution in [-0.2, 0) is 9.59 Å². The first-order valence-corrected chi connectivity index (χ1v) is 9.24. The minimum Gasteiger partial charge on any atom is -0.480 e. The van der Waals surface area contributed by atoms with Crippen LogP contribution in [0.15, 0.2) is 6.07 Å². The van der Waals surface area contributed by atoms with E-state index in [1.54, 1.807) is 11.8 Å². The van der Waals surface area contributed by atoms with Gasteiger partial charge in [0.25, 0.3) is 0 Å². The molecule has 1 unspecified atom stereocenters. The molecule has 1 amide bonds. The Morgan fingerprint density at radius 3 is 2.54 bits per heavy atom. The van der Waals surface area contributed by atoms with Crippen molar-refractivity contribution in [2.24, 2.45) is 0 Å². The summed E-state index contributed by atoms with van der Waals surface area (Å²) in [5, 5.41) is 14.8. The summed E-state index contributed by atoms with van der Waals surface area (Å²) in [6, 6.07) is 1.08. The van der Waals surface area contributed by atoms with Crippen molar-refractivity contribution in [3.8, 4) is 0 Å². The van der Waals surface area contributed by atoms with Crippen LogP contribution >= 0.6 is 11.8 Å². The molecule has 1 aromatic rings. The zero-order chi connectivity index (χ0) is 17.9. The third kappa shape index (κ3) is 8.14. The van der Waals surface area contributed by atoms with E-state index in [4.69, 9.17) is 5.11 Å². The Labute approximate surface area is 147 Å². The number of nitrogens with one attached hydrogen (secondary N) is 2. The number of aliphatic carboxylic acids is 1. The van der Waals surface area contributed by atoms with Gasteiger partial charge in [0.1, 0.15) is 6.04 Å². The molecule has 24 heavy (non-hydrogen) atoms. The molecule has 134 valence electrons. The molecule has 0 radical (unpaired) electrons. The van der Waals surface area contributed by atoms with Crippen LogP contribution in [0.2, 0.25) is 0 Å². The third-order valence-corrected chi connectivity index (χ3v) is 4.17. The summed E-state index contributed by atoms with van der Waals surface area (Å²) in [7, 11) is 0. The number of aryl methyl sites for hydroxylation is 2. The molecule has 0 saturated carbocycles. The predicted octanol–water partition coefficient (Wildman–Crippen LogP) is 2.00. The lowest BCUT2D eigenvalue weighted by Gasteiger charge is -2.14. The van der Waals surface area contributed by atoms with Gasteiger partial charge in [-0.1, -0.05) is 6.92 Å². The van der Waals surface area contributed by atoms with E-state index >= 15 is 0 Å². The lowest BCUT2D eigenvalue weighted by molar-refractivity contribution is -0.141. The van der Waals surface area contributed by atoms with E-state index in [0.29, 0.717) is 25.3 Å². The highest BCUT2D eigenvalue weighted by molar-refractivity contribution is 7.99. The Kier molecular flexibility index (Phi) is 9.14. The Morgan fingerprint density at radius 2 is 1.96 bits per heavy atom. The smallest absolute Gasteiger partial charge is 0.326 e. The number of anilines is 1. The van der Waals surface area contributed by atoms with Crippen molar-refractivity contribution in [1.82, 2.24) is 15.3 Å². The van der Waals surface area contributed by atoms with E-state index in [1.807, 2.05) is 26.8 Å². The van der Waals surface area contributed by atoms with Gasteiger partial charge in [-0.15, -0.1) is 0 Å². The number of nitrogens with zero attached hydrogens (tertiary/aromatic N) is 2. The van der Waals surface area contributed by atoms with Gasteiger partial charge in [0.2, 0.25) is 11.9 Å². The molecule has 1 rings (SSSR count). The number of aromatic nitrogens is 2. The molecule has 1 atom stereocenters. The van der Waals surface area contributed by atoms with Gasteiger partial charge < -0.3 is 15.7 Å². The zero-order valence-electron chi connectivity index (χ0n) is 14.5. The summed E-state index contributed by atoms with van der Waals surface area (Å²) in [6.07, 6.45) is 1.29. The number of hydrogen-bond donors (Lipinski definition) is 3. The van der Waals surface area contributed by atoms with Gasteiger partial charge in [-0.3, -0.25) is 4.79 Å². The van der Waals surface area contributed by atoms with E-state index in [9.17, 15) is 9.59 Å². The normalized spacial score (nSPS) is 11.8. The van der Waals surface area contributed by atoms with Crippen molar-refractivity contribution >= 4 is 29.6 Å². The van der Waals surface area contributed by atoms with Gasteiger partial charge in [-0.05, 0) is 44.3 Å². The van der Waals surface area contributed by atoms with Gasteiger partial charge in [0.05, 0.1) is 0 Å². The standard InChI is InChI=1S/C16H26N4O3S/c1-4-24-9-7-13(15(22)23)20-14(21)6-5-8-17-16-18-11(2)10-12(3)19-16/h10,13H,4-9H2,1-3H3,(H,20,21)(H,22,23)(H,17,18,19). The van der Waals surface area contributed by atoms with E-state index in [-0.39, 0.29) is 12.3 Å². The molecular formula is C16H26N4O3S. The Morgan fingerprint density at radius 1 is 1.29 bits per heavy atom. The third-order valence-electron chi connectivity index (χ3n) is 3.23. The SMILES string of the molecule is CCSCCC(NC(=O)CCCNc1nc(C)cc(C)n1)C(=O)O. The topological polar surface area (TPSA) is 104 Å². The van der Waals surface area contributed by atoms with Gasteiger partial charge >= 0.3 is 5.97 Å². The minimum absolute atomic E-state index is 0.243. The molecule has 0 saturated heterocycles. The number of carbonyl (C=O) groups is 2. The number of carboxylic acid groups (broad SMARTS) is 1. The average molecular weight is 354 g/mol. The Hall–Kier alpha value is -1.83. The average Bonchev–Trinajstić information content (AvgIpc) is 2.49. The Balaban J connectivity index is 2.30. The van der Waals surface area contributed by atoms with E-state index in [2.05, 4.69) is 20.6 Å². The molecule has 0 aliphatic heterocycles. The summed E-state index contributed by atoms with van der Waals surface area (Å²) in [6.45, 7) is 6.37. The number of amides is 1. The maximum atomic E-state index is 11.9. The highest BCUT2D eigenvalue weighted by Crippen LogP contribution is 2.06. The van der Waals surface area contributed by atoms with Crippen LogP contribution in [0, 0.1) is 13.8 Å². The van der Waals surface area contributed by atoms with Crippen LogP contribution in [0.3, 0.4) is 0 Å². The van der Waals surface area contributed by atoms with Crippen LogP contribution < -0.4 is 10.6 Å². The zero-order valence-corrected chi connectivity index (χ0v) is 15.3. The summed E-state index contributed by atoms with van der Waals surface area (Å²) in [4.78, 5) is 31.5. The second kappa shape index (κ2) is 10.9. The highest BCUT2D eigenvalue weighted by Gasteiger charge is 2.19. The van der Waals surface area contributed by atoms with Crippen LogP contribution in [0.4, 0.5) is 5.95 Å². The molecule has 0 aromatic carbocycles. The number of carboxylic acids is 1. The van der Waals surface area contributed by atoms with Crippen molar-refractivity contribution in [1.29, 1.82) is 0 Å². The van der Waals surface area contributed by atoms with Gasteiger partial charge in [0, 0.05) is 24.4 Å². The first-order chi connectivity index (χ1) is 11.4. The van der Waals surface area contributed by atoms with Crippen molar-refractivity contribution in [2.75, 3.05) is 23.4 Å². The summed E-state index contributed by atoms with van der Waals surface area (Å²) >= 11 is 1.66. The fourth-order valence-corrected chi connectivity index (χ4v) is 2.81. The van der Waals surface area contributed by atoms with Crippen LogP contribution in [-0.4, -0.2) is 51.0 Å². The van der Waals surface area contributed by atoms with Crippen molar-refractivity contribution in [2.45, 2.75) is 46.1 Å². The van der Waals surface area contributed by atoms with Crippen LogP contribution in [0.1, 0.15) is 37.6 Å². The molecule has 1 aromatic heterocycles. The summed E-state index contributed by atoms with van der Waals surface area (Å²) in [5.41, 5.74) is 1.77. The largest absolute Gasteiger partial charge is 0.480 e. The minimum atomic E-state index is -0.984. The molecule has 0 spiro atoms. The first kappa shape index (κ1) is 20.2. The van der Waals surface area contributed by atoms with Crippen molar-refractivity contribution in [3.05, 3.63) is 17.5 Å². The number of thioether (sulfide) groups is 1. The molecule has 0 bridgehead atoms. The Bertz CT molecular complexity index is 534. The second-order valence-electron chi connectivity index (χ2n) is 5.45. The first-order valence-electron chi connectivity index (χ1n) is 8.08. The molecule has 8 heteroatoms. The molecular weight excluding hydrogens is 328 g/mol. The molecule has 0 aliphatic carbocycles. The number of carbonyl (C=O) groups excluding carboxylic acids is 1. The molecule has 1 heterocycles. The monoisotopic (exact) mass is 354 g/mol. The van der Waals surface area contributed by atoms with Gasteiger partial charge in [0.15, 0.2) is 0 Å². The van der Waals surface area contributed by atoms with E-state index < -0.39 is 12.0 Å². The van der Waals surface area contributed by atoms with E-state index in [1.165, 1.54) is 0 Å². The second-order valence-corrected chi connectivity index (χ2v) is 6.84. The maximum absolute atomic E-state index is 11.9. The lowest BCUT2D eigenvalue weighted by atomic mass is 10.2. The summed E-state index contributed by atoms with van der Waals surface area (Å²) in [5.74, 6) is 0.980. The fraction of sp³-hybridized carbons (Fsp3) is 0.625. The van der Waals surface area contributed by atoms with Crippen molar-refractivity contribution < 1.29 is 14.7 Å². The predicted molar refractivity (Wildman–Crippen MR) is 96.4 cm³/mol. The highest BCUT2D eigenvalue weighted by atomic mass is 32.2. The van der Waals surface area contributed by atoms with E-state index in [0.717, 1.165) is 22.9 Å². The van der Waals surface area contributed by atoms with Crippen LogP contribution in [0.5, 0.6) is 0 Å². The molecule has 0 aliphatic rings. The van der Waals surface area contributed by atoms with Gasteiger partial charge in [-0.25, -0.2) is 14.8 Å². The van der Waals surface area contributed by atoms with Crippen molar-refractivity contribution in [3.63, 3.8) is 0 Å².